The fourth-order valence-corrected chi connectivity index (χ4v) is 1.71. The smallest absolute Gasteiger partial charge is 0.223 e. The molecule has 1 aliphatic rings. The van der Waals surface area contributed by atoms with E-state index in [1.807, 2.05) is 13.1 Å². The van der Waals surface area contributed by atoms with Gasteiger partial charge in [0, 0.05) is 32.6 Å². The largest absolute Gasteiger partial charge is 0.378 e. The topological polar surface area (TPSA) is 41.6 Å². The number of nitrogens with zero attached hydrogens (tertiary/aromatic N) is 1. The summed E-state index contributed by atoms with van der Waals surface area (Å²) in [5, 5.41) is 3.28. The monoisotopic (exact) mass is 226 g/mol. The van der Waals surface area contributed by atoms with Crippen molar-refractivity contribution >= 4 is 5.91 Å². The molecule has 1 unspecified atom stereocenters. The van der Waals surface area contributed by atoms with Crippen LogP contribution < -0.4 is 5.32 Å². The van der Waals surface area contributed by atoms with Gasteiger partial charge in [0.15, 0.2) is 0 Å². The van der Waals surface area contributed by atoms with Crippen LogP contribution in [0, 0.1) is 0 Å². The van der Waals surface area contributed by atoms with E-state index in [9.17, 15) is 4.79 Å². The third-order valence-electron chi connectivity index (χ3n) is 2.75. The molecule has 0 bridgehead atoms. The van der Waals surface area contributed by atoms with Crippen LogP contribution in [-0.2, 0) is 9.53 Å². The molecule has 0 aromatic rings. The second-order valence-electron chi connectivity index (χ2n) is 4.18. The Morgan fingerprint density at radius 2 is 2.50 bits per heavy atom. The van der Waals surface area contributed by atoms with Crippen molar-refractivity contribution in [2.45, 2.75) is 25.3 Å². The third kappa shape index (κ3) is 4.77. The maximum Gasteiger partial charge on any atom is 0.223 e. The summed E-state index contributed by atoms with van der Waals surface area (Å²) in [6.07, 6.45) is 4.36. The van der Waals surface area contributed by atoms with Crippen molar-refractivity contribution in [1.29, 1.82) is 0 Å². The van der Waals surface area contributed by atoms with Crippen molar-refractivity contribution in [2.75, 3.05) is 33.4 Å². The molecular formula is C12H22N2O2. The van der Waals surface area contributed by atoms with Gasteiger partial charge < -0.3 is 15.0 Å². The van der Waals surface area contributed by atoms with Crippen LogP contribution in [-0.4, -0.2) is 50.2 Å². The van der Waals surface area contributed by atoms with E-state index in [-0.39, 0.29) is 11.9 Å². The number of carbonyl (C=O) groups excluding carboxylic acids is 1. The number of morpholine rings is 1. The molecule has 0 spiro atoms. The number of nitrogens with one attached hydrogen (secondary N) is 1. The molecule has 16 heavy (non-hydrogen) atoms. The first-order chi connectivity index (χ1) is 7.74. The van der Waals surface area contributed by atoms with Crippen LogP contribution in [0.4, 0.5) is 0 Å². The first-order valence-electron chi connectivity index (χ1n) is 5.90. The zero-order valence-electron chi connectivity index (χ0n) is 10.1. The lowest BCUT2D eigenvalue weighted by Crippen LogP contribution is -2.44. The van der Waals surface area contributed by atoms with Crippen LogP contribution in [0.25, 0.3) is 0 Å². The van der Waals surface area contributed by atoms with Crippen molar-refractivity contribution in [2.24, 2.45) is 0 Å². The third-order valence-corrected chi connectivity index (χ3v) is 2.75. The Balaban J connectivity index is 2.19. The molecule has 1 N–H and O–H groups in total. The summed E-state index contributed by atoms with van der Waals surface area (Å²) >= 11 is 0. The van der Waals surface area contributed by atoms with Crippen LogP contribution in [0.2, 0.25) is 0 Å². The number of allylic oxidation sites excluding steroid dienone is 1. The van der Waals surface area contributed by atoms with Crippen LogP contribution in [0.15, 0.2) is 12.7 Å². The molecule has 92 valence electrons. The predicted octanol–water partition coefficient (Wildman–Crippen LogP) is 0.790. The molecule has 1 saturated heterocycles. The van der Waals surface area contributed by atoms with E-state index in [0.717, 1.165) is 32.5 Å². The fourth-order valence-electron chi connectivity index (χ4n) is 1.71. The Morgan fingerprint density at radius 3 is 3.12 bits per heavy atom. The highest BCUT2D eigenvalue weighted by molar-refractivity contribution is 5.76. The summed E-state index contributed by atoms with van der Waals surface area (Å²) in [6, 6.07) is 0.183. The van der Waals surface area contributed by atoms with Crippen LogP contribution in [0.5, 0.6) is 0 Å². The Hall–Kier alpha value is -0.870. The number of carbonyl (C=O) groups is 1. The van der Waals surface area contributed by atoms with E-state index < -0.39 is 0 Å². The van der Waals surface area contributed by atoms with Crippen LogP contribution in [0.3, 0.4) is 0 Å². The Morgan fingerprint density at radius 1 is 1.69 bits per heavy atom. The zero-order valence-corrected chi connectivity index (χ0v) is 10.1. The standard InChI is InChI=1S/C12H22N2O2/c1-3-4-5-7-14(2)12(15)9-11-10-16-8-6-13-11/h3,11,13H,1,4-10H2,2H3. The average Bonchev–Trinajstić information content (AvgIpc) is 2.30. The normalized spacial score (nSPS) is 20.4. The molecule has 0 aromatic carbocycles. The van der Waals surface area contributed by atoms with E-state index in [4.69, 9.17) is 4.74 Å². The van der Waals surface area contributed by atoms with E-state index in [2.05, 4.69) is 11.9 Å². The van der Waals surface area contributed by atoms with Crippen molar-refractivity contribution in [3.63, 3.8) is 0 Å². The van der Waals surface area contributed by atoms with Gasteiger partial charge in [-0.3, -0.25) is 4.79 Å². The van der Waals surface area contributed by atoms with Gasteiger partial charge in [0.1, 0.15) is 0 Å². The van der Waals surface area contributed by atoms with Gasteiger partial charge in [-0.15, -0.1) is 6.58 Å². The first-order valence-corrected chi connectivity index (χ1v) is 5.90. The highest BCUT2D eigenvalue weighted by Gasteiger charge is 2.18. The lowest BCUT2D eigenvalue weighted by Gasteiger charge is -2.25. The highest BCUT2D eigenvalue weighted by atomic mass is 16.5. The molecule has 4 nitrogen and oxygen atoms in total. The Labute approximate surface area is 97.6 Å². The van der Waals surface area contributed by atoms with Gasteiger partial charge in [-0.25, -0.2) is 0 Å². The highest BCUT2D eigenvalue weighted by Crippen LogP contribution is 2.03. The Kier molecular flexibility index (Phi) is 6.11. The maximum absolute atomic E-state index is 11.8. The SMILES string of the molecule is C=CCCCN(C)C(=O)CC1COCCN1. The lowest BCUT2D eigenvalue weighted by molar-refractivity contribution is -0.131. The summed E-state index contributed by atoms with van der Waals surface area (Å²) in [6.45, 7) is 6.71. The van der Waals surface area contributed by atoms with Gasteiger partial charge in [-0.2, -0.15) is 0 Å². The first kappa shape index (κ1) is 13.2. The van der Waals surface area contributed by atoms with Gasteiger partial charge in [0.25, 0.3) is 0 Å². The lowest BCUT2D eigenvalue weighted by atomic mass is 10.2. The minimum atomic E-state index is 0.183. The molecule has 0 radical (unpaired) electrons. The van der Waals surface area contributed by atoms with Crippen LogP contribution >= 0.6 is 0 Å². The molecule has 1 heterocycles. The van der Waals surface area contributed by atoms with Gasteiger partial charge in [-0.05, 0) is 12.8 Å². The number of amides is 1. The van der Waals surface area contributed by atoms with E-state index in [1.165, 1.54) is 0 Å². The second-order valence-corrected chi connectivity index (χ2v) is 4.18. The van der Waals surface area contributed by atoms with E-state index in [1.54, 1.807) is 4.90 Å². The molecule has 1 amide bonds. The van der Waals surface area contributed by atoms with E-state index in [0.29, 0.717) is 13.0 Å². The molecule has 0 aromatic heterocycles. The minimum absolute atomic E-state index is 0.183. The summed E-state index contributed by atoms with van der Waals surface area (Å²) in [5.41, 5.74) is 0. The molecule has 1 fully saturated rings. The number of hydrogen-bond donors (Lipinski definition) is 1. The number of ether oxygens (including phenoxy) is 1. The predicted molar refractivity (Wildman–Crippen MR) is 64.3 cm³/mol. The van der Waals surface area contributed by atoms with Crippen molar-refractivity contribution in [3.05, 3.63) is 12.7 Å². The van der Waals surface area contributed by atoms with Gasteiger partial charge >= 0.3 is 0 Å². The fraction of sp³-hybridized carbons (Fsp3) is 0.750. The summed E-state index contributed by atoms with van der Waals surface area (Å²) < 4.78 is 5.31. The van der Waals surface area contributed by atoms with Gasteiger partial charge in [-0.1, -0.05) is 6.08 Å². The van der Waals surface area contributed by atoms with Gasteiger partial charge in [0.2, 0.25) is 5.91 Å². The van der Waals surface area contributed by atoms with Crippen molar-refractivity contribution in [1.82, 2.24) is 10.2 Å². The number of rotatable bonds is 6. The summed E-state index contributed by atoms with van der Waals surface area (Å²) in [4.78, 5) is 13.6. The minimum Gasteiger partial charge on any atom is -0.378 e. The number of unbranched alkanes of at least 4 members (excludes halogenated alkanes) is 1. The molecule has 1 aliphatic heterocycles. The molecular weight excluding hydrogens is 204 g/mol. The van der Waals surface area contributed by atoms with Gasteiger partial charge in [0.05, 0.1) is 13.2 Å². The molecule has 1 rings (SSSR count). The summed E-state index contributed by atoms with van der Waals surface area (Å²) in [5.74, 6) is 0.187. The molecule has 1 atom stereocenters. The average molecular weight is 226 g/mol. The zero-order chi connectivity index (χ0) is 11.8. The number of hydrogen-bond acceptors (Lipinski definition) is 3. The van der Waals surface area contributed by atoms with Crippen molar-refractivity contribution in [3.8, 4) is 0 Å². The quantitative estimate of drug-likeness (QED) is 0.538. The molecule has 4 heteroatoms. The maximum atomic E-state index is 11.8. The van der Waals surface area contributed by atoms with Crippen LogP contribution in [0.1, 0.15) is 19.3 Å². The van der Waals surface area contributed by atoms with E-state index >= 15 is 0 Å². The Bertz CT molecular complexity index is 225. The second kappa shape index (κ2) is 7.41. The molecule has 0 aliphatic carbocycles. The molecule has 0 saturated carbocycles. The summed E-state index contributed by atoms with van der Waals surface area (Å²) in [7, 11) is 1.86. The van der Waals surface area contributed by atoms with Crippen molar-refractivity contribution < 1.29 is 9.53 Å².